The number of hydrogen-bond donors (Lipinski definition) is 1. The molecule has 102 valence electrons. The lowest BCUT2D eigenvalue weighted by atomic mass is 10.0. The maximum absolute atomic E-state index is 12.2. The third-order valence-corrected chi connectivity index (χ3v) is 4.81. The van der Waals surface area contributed by atoms with Gasteiger partial charge in [0.2, 0.25) is 0 Å². The van der Waals surface area contributed by atoms with Crippen LogP contribution in [0.15, 0.2) is 42.5 Å². The molecule has 2 atom stereocenters. The highest BCUT2D eigenvalue weighted by Crippen LogP contribution is 2.26. The molecule has 0 radical (unpaired) electrons. The van der Waals surface area contributed by atoms with Crippen LogP contribution in [0.1, 0.15) is 39.3 Å². The van der Waals surface area contributed by atoms with Crippen molar-refractivity contribution in [1.82, 2.24) is 4.72 Å². The topological polar surface area (TPSA) is 35.1 Å². The van der Waals surface area contributed by atoms with Gasteiger partial charge in [0.25, 0.3) is 0 Å². The first-order valence-corrected chi connectivity index (χ1v) is 7.70. The minimum Gasteiger partial charge on any atom is -0.598 e. The average Bonchev–Trinajstić information content (AvgIpc) is 2.36. The normalized spacial score (nSPS) is 15.4. The molecule has 0 amide bonds. The molecule has 2 aromatic carbocycles. The molecule has 2 rings (SSSR count). The maximum atomic E-state index is 12.2. The largest absolute Gasteiger partial charge is 0.598 e. The van der Waals surface area contributed by atoms with E-state index in [4.69, 9.17) is 0 Å². The van der Waals surface area contributed by atoms with Crippen LogP contribution < -0.4 is 4.72 Å². The highest BCUT2D eigenvalue weighted by molar-refractivity contribution is 7.90. The van der Waals surface area contributed by atoms with Crippen LogP contribution in [0.3, 0.4) is 0 Å². The van der Waals surface area contributed by atoms with E-state index in [-0.39, 0.29) is 10.8 Å². The van der Waals surface area contributed by atoms with Crippen LogP contribution in [0.4, 0.5) is 0 Å². The summed E-state index contributed by atoms with van der Waals surface area (Å²) < 4.78 is 15.1. The Morgan fingerprint density at radius 1 is 1.05 bits per heavy atom. The summed E-state index contributed by atoms with van der Waals surface area (Å²) >= 11 is -1.06. The van der Waals surface area contributed by atoms with Crippen LogP contribution >= 0.6 is 0 Å². The molecule has 3 heteroatoms. The first-order valence-electron chi connectivity index (χ1n) is 6.55. The van der Waals surface area contributed by atoms with Crippen molar-refractivity contribution in [2.45, 2.75) is 38.5 Å². The first kappa shape index (κ1) is 14.4. The summed E-state index contributed by atoms with van der Waals surface area (Å²) in [4.78, 5) is 0. The molecule has 0 aromatic heterocycles. The predicted octanol–water partition coefficient (Wildman–Crippen LogP) is 3.95. The van der Waals surface area contributed by atoms with E-state index in [0.29, 0.717) is 0 Å². The molecule has 0 saturated carbocycles. The van der Waals surface area contributed by atoms with Gasteiger partial charge in [-0.2, -0.15) is 0 Å². The SMILES string of the molecule is CC(N[S+]([O-])C(C)(C)C)c1cccc2ccccc12. The quantitative estimate of drug-likeness (QED) is 0.861. The molecule has 2 unspecified atom stereocenters. The van der Waals surface area contributed by atoms with Crippen LogP contribution in [0.2, 0.25) is 0 Å². The van der Waals surface area contributed by atoms with Gasteiger partial charge in [-0.05, 0) is 44.0 Å². The standard InChI is InChI=1S/C16H21NOS/c1-12(17-19(18)16(2,3)4)14-11-7-9-13-8-5-6-10-15(13)14/h5-12,17H,1-4H3. The minimum absolute atomic E-state index is 0.0613. The Hall–Kier alpha value is -1.03. The fourth-order valence-corrected chi connectivity index (χ4v) is 2.83. The lowest BCUT2D eigenvalue weighted by molar-refractivity contribution is 0.532. The number of nitrogens with one attached hydrogen (secondary N) is 1. The molecule has 0 saturated heterocycles. The zero-order valence-electron chi connectivity index (χ0n) is 11.9. The third-order valence-electron chi connectivity index (χ3n) is 3.13. The van der Waals surface area contributed by atoms with Crippen molar-refractivity contribution in [2.24, 2.45) is 0 Å². The monoisotopic (exact) mass is 275 g/mol. The van der Waals surface area contributed by atoms with Gasteiger partial charge in [0.1, 0.15) is 4.75 Å². The summed E-state index contributed by atoms with van der Waals surface area (Å²) in [5, 5.41) is 2.44. The summed E-state index contributed by atoms with van der Waals surface area (Å²) in [7, 11) is 0. The summed E-state index contributed by atoms with van der Waals surface area (Å²) in [6.07, 6.45) is 0. The summed E-state index contributed by atoms with van der Waals surface area (Å²) in [6, 6.07) is 14.6. The predicted molar refractivity (Wildman–Crippen MR) is 83.4 cm³/mol. The van der Waals surface area contributed by atoms with Gasteiger partial charge in [0, 0.05) is 11.4 Å². The van der Waals surface area contributed by atoms with Crippen molar-refractivity contribution in [3.05, 3.63) is 48.0 Å². The summed E-state index contributed by atoms with van der Waals surface area (Å²) in [6.45, 7) is 8.00. The van der Waals surface area contributed by atoms with Gasteiger partial charge in [-0.3, -0.25) is 0 Å². The third kappa shape index (κ3) is 3.30. The van der Waals surface area contributed by atoms with E-state index in [2.05, 4.69) is 42.0 Å². The van der Waals surface area contributed by atoms with E-state index in [0.717, 1.165) is 0 Å². The van der Waals surface area contributed by atoms with Crippen molar-refractivity contribution in [3.63, 3.8) is 0 Å². The lowest BCUT2D eigenvalue weighted by Crippen LogP contribution is -2.40. The van der Waals surface area contributed by atoms with E-state index >= 15 is 0 Å². The van der Waals surface area contributed by atoms with Crippen LogP contribution in [-0.4, -0.2) is 9.30 Å². The molecule has 0 aliphatic rings. The number of fused-ring (bicyclic) bond motifs is 1. The second kappa shape index (κ2) is 5.53. The van der Waals surface area contributed by atoms with Crippen molar-refractivity contribution >= 4 is 22.1 Å². The van der Waals surface area contributed by atoms with Crippen LogP contribution in [-0.2, 0) is 11.4 Å². The van der Waals surface area contributed by atoms with E-state index in [1.54, 1.807) is 0 Å². The lowest BCUT2D eigenvalue weighted by Gasteiger charge is -2.27. The smallest absolute Gasteiger partial charge is 0.136 e. The van der Waals surface area contributed by atoms with Crippen molar-refractivity contribution < 1.29 is 4.55 Å². The fraction of sp³-hybridized carbons (Fsp3) is 0.375. The van der Waals surface area contributed by atoms with Crippen molar-refractivity contribution in [1.29, 1.82) is 0 Å². The highest BCUT2D eigenvalue weighted by atomic mass is 32.2. The second-order valence-electron chi connectivity index (χ2n) is 5.79. The highest BCUT2D eigenvalue weighted by Gasteiger charge is 2.28. The summed E-state index contributed by atoms with van der Waals surface area (Å²) in [5.74, 6) is 0. The van der Waals surface area contributed by atoms with Gasteiger partial charge in [0.15, 0.2) is 0 Å². The molecule has 0 heterocycles. The zero-order chi connectivity index (χ0) is 14.0. The Morgan fingerprint density at radius 3 is 2.37 bits per heavy atom. The Morgan fingerprint density at radius 2 is 1.68 bits per heavy atom. The molecular formula is C16H21NOS. The molecule has 0 aliphatic carbocycles. The fourth-order valence-electron chi connectivity index (χ4n) is 2.03. The number of benzene rings is 2. The zero-order valence-corrected chi connectivity index (χ0v) is 12.8. The van der Waals surface area contributed by atoms with E-state index in [1.165, 1.54) is 16.3 Å². The number of rotatable bonds is 3. The summed E-state index contributed by atoms with van der Waals surface area (Å²) in [5.41, 5.74) is 1.19. The Balaban J connectivity index is 2.29. The van der Waals surface area contributed by atoms with E-state index < -0.39 is 11.4 Å². The van der Waals surface area contributed by atoms with Gasteiger partial charge < -0.3 is 4.55 Å². The molecule has 0 fully saturated rings. The van der Waals surface area contributed by atoms with Crippen molar-refractivity contribution in [3.8, 4) is 0 Å². The molecule has 2 nitrogen and oxygen atoms in total. The molecule has 19 heavy (non-hydrogen) atoms. The van der Waals surface area contributed by atoms with Gasteiger partial charge >= 0.3 is 0 Å². The Bertz CT molecular complexity index is 557. The van der Waals surface area contributed by atoms with Gasteiger partial charge in [0.05, 0.1) is 6.04 Å². The molecular weight excluding hydrogens is 254 g/mol. The number of hydrogen-bond acceptors (Lipinski definition) is 2. The van der Waals surface area contributed by atoms with Gasteiger partial charge in [-0.1, -0.05) is 42.5 Å². The Labute approximate surface area is 118 Å². The maximum Gasteiger partial charge on any atom is 0.136 e. The van der Waals surface area contributed by atoms with Crippen LogP contribution in [0.5, 0.6) is 0 Å². The van der Waals surface area contributed by atoms with Gasteiger partial charge in [-0.25, -0.2) is 0 Å². The average molecular weight is 275 g/mol. The van der Waals surface area contributed by atoms with E-state index in [9.17, 15) is 4.55 Å². The van der Waals surface area contributed by atoms with E-state index in [1.807, 2.05) is 32.9 Å². The van der Waals surface area contributed by atoms with Crippen LogP contribution in [0.25, 0.3) is 10.8 Å². The van der Waals surface area contributed by atoms with Gasteiger partial charge in [-0.15, -0.1) is 4.72 Å². The van der Waals surface area contributed by atoms with Crippen molar-refractivity contribution in [2.75, 3.05) is 0 Å². The van der Waals surface area contributed by atoms with Crippen LogP contribution in [0, 0.1) is 0 Å². The first-order chi connectivity index (χ1) is 8.89. The molecule has 2 aromatic rings. The Kier molecular flexibility index (Phi) is 4.19. The molecule has 0 bridgehead atoms. The second-order valence-corrected chi connectivity index (χ2v) is 7.79. The molecule has 0 aliphatic heterocycles. The minimum atomic E-state index is -1.06. The molecule has 0 spiro atoms. The molecule has 1 N–H and O–H groups in total.